The van der Waals surface area contributed by atoms with E-state index >= 15 is 0 Å². The molecule has 0 aromatic heterocycles. The van der Waals surface area contributed by atoms with Gasteiger partial charge in [0, 0.05) is 0 Å². The first-order valence-electron chi connectivity index (χ1n) is 8.90. The molecular formula is C20H38. The molecule has 0 spiro atoms. The molecule has 0 aliphatic carbocycles. The van der Waals surface area contributed by atoms with Crippen molar-refractivity contribution >= 4 is 0 Å². The quantitative estimate of drug-likeness (QED) is 0.351. The number of hydrogen-bond acceptors (Lipinski definition) is 0. The summed E-state index contributed by atoms with van der Waals surface area (Å²) in [5, 5.41) is 0. The summed E-state index contributed by atoms with van der Waals surface area (Å²) in [7, 11) is 0. The second-order valence-corrected chi connectivity index (χ2v) is 6.57. The van der Waals surface area contributed by atoms with E-state index in [1.807, 2.05) is 0 Å². The lowest BCUT2D eigenvalue weighted by Gasteiger charge is -2.12. The van der Waals surface area contributed by atoms with Crippen LogP contribution in [0.25, 0.3) is 0 Å². The highest BCUT2D eigenvalue weighted by atomic mass is 14.1. The first-order valence-corrected chi connectivity index (χ1v) is 8.90. The van der Waals surface area contributed by atoms with Gasteiger partial charge in [-0.25, -0.2) is 0 Å². The third-order valence-corrected chi connectivity index (χ3v) is 4.50. The van der Waals surface area contributed by atoms with Gasteiger partial charge in [-0.05, 0) is 43.4 Å². The number of rotatable bonds is 11. The van der Waals surface area contributed by atoms with Crippen LogP contribution in [-0.4, -0.2) is 0 Å². The lowest BCUT2D eigenvalue weighted by Crippen LogP contribution is -1.97. The van der Waals surface area contributed by atoms with Crippen LogP contribution in [0.1, 0.15) is 86.5 Å². The van der Waals surface area contributed by atoms with Gasteiger partial charge in [-0.1, -0.05) is 84.6 Å². The molecule has 3 atom stereocenters. The first kappa shape index (κ1) is 19.5. The molecule has 118 valence electrons. The van der Waals surface area contributed by atoms with Crippen molar-refractivity contribution in [1.82, 2.24) is 0 Å². The standard InChI is InChI=1S/C20H38/c1-7-12-18(5)14-10-15-19(6)20(9-3)16-11-13-17(4)8-2/h10,15-19H,7-9,11-14H2,1-6H3. The van der Waals surface area contributed by atoms with Crippen molar-refractivity contribution in [3.05, 3.63) is 23.8 Å². The Kier molecular flexibility index (Phi) is 11.9. The van der Waals surface area contributed by atoms with Gasteiger partial charge >= 0.3 is 0 Å². The average Bonchev–Trinajstić information content (AvgIpc) is 2.43. The third-order valence-electron chi connectivity index (χ3n) is 4.50. The maximum Gasteiger partial charge on any atom is -0.00518 e. The zero-order chi connectivity index (χ0) is 15.4. The fourth-order valence-electron chi connectivity index (χ4n) is 2.66. The molecule has 0 heteroatoms. The second-order valence-electron chi connectivity index (χ2n) is 6.57. The van der Waals surface area contributed by atoms with E-state index < -0.39 is 0 Å². The van der Waals surface area contributed by atoms with E-state index in [2.05, 4.69) is 59.8 Å². The Hall–Kier alpha value is -0.520. The predicted octanol–water partition coefficient (Wildman–Crippen LogP) is 7.17. The van der Waals surface area contributed by atoms with Crippen LogP contribution in [0.4, 0.5) is 0 Å². The highest BCUT2D eigenvalue weighted by Gasteiger charge is 2.04. The summed E-state index contributed by atoms with van der Waals surface area (Å²) < 4.78 is 0. The minimum Gasteiger partial charge on any atom is -0.0877 e. The van der Waals surface area contributed by atoms with Gasteiger partial charge in [-0.15, -0.1) is 0 Å². The van der Waals surface area contributed by atoms with E-state index in [1.165, 1.54) is 44.9 Å². The molecule has 0 aliphatic heterocycles. The summed E-state index contributed by atoms with van der Waals surface area (Å²) in [6.45, 7) is 13.9. The molecule has 3 unspecified atom stereocenters. The number of hydrogen-bond donors (Lipinski definition) is 0. The van der Waals surface area contributed by atoms with E-state index in [1.54, 1.807) is 5.57 Å². The minimum absolute atomic E-state index is 0.616. The van der Waals surface area contributed by atoms with Crippen molar-refractivity contribution in [2.75, 3.05) is 0 Å². The molecule has 0 nitrogen and oxygen atoms in total. The largest absolute Gasteiger partial charge is 0.0877 e. The summed E-state index contributed by atoms with van der Waals surface area (Å²) in [4.78, 5) is 0. The Balaban J connectivity index is 4.21. The maximum absolute atomic E-state index is 2.50. The molecule has 0 amide bonds. The Morgan fingerprint density at radius 3 is 2.20 bits per heavy atom. The van der Waals surface area contributed by atoms with Crippen molar-refractivity contribution in [3.63, 3.8) is 0 Å². The molecular weight excluding hydrogens is 240 g/mol. The van der Waals surface area contributed by atoms with Crippen LogP contribution in [-0.2, 0) is 0 Å². The van der Waals surface area contributed by atoms with Crippen LogP contribution in [0.15, 0.2) is 23.8 Å². The van der Waals surface area contributed by atoms with Crippen molar-refractivity contribution < 1.29 is 0 Å². The summed E-state index contributed by atoms with van der Waals surface area (Å²) in [6.07, 6.45) is 16.3. The smallest absolute Gasteiger partial charge is 0.00518 e. The highest BCUT2D eigenvalue weighted by Crippen LogP contribution is 2.20. The van der Waals surface area contributed by atoms with Crippen molar-refractivity contribution in [1.29, 1.82) is 0 Å². The van der Waals surface area contributed by atoms with Gasteiger partial charge in [0.1, 0.15) is 0 Å². The van der Waals surface area contributed by atoms with Gasteiger partial charge in [0.2, 0.25) is 0 Å². The van der Waals surface area contributed by atoms with E-state index in [-0.39, 0.29) is 0 Å². The van der Waals surface area contributed by atoms with E-state index in [9.17, 15) is 0 Å². The van der Waals surface area contributed by atoms with Crippen molar-refractivity contribution in [2.45, 2.75) is 86.5 Å². The first-order chi connectivity index (χ1) is 9.54. The normalized spacial score (nSPS) is 17.4. The van der Waals surface area contributed by atoms with Crippen LogP contribution in [0.2, 0.25) is 0 Å². The molecule has 0 aliphatic rings. The van der Waals surface area contributed by atoms with Gasteiger partial charge < -0.3 is 0 Å². The molecule has 0 bridgehead atoms. The van der Waals surface area contributed by atoms with E-state index in [4.69, 9.17) is 0 Å². The molecule has 20 heavy (non-hydrogen) atoms. The number of allylic oxidation sites excluding steroid dienone is 4. The molecule has 0 radical (unpaired) electrons. The highest BCUT2D eigenvalue weighted by molar-refractivity contribution is 5.12. The second kappa shape index (κ2) is 12.2. The zero-order valence-corrected chi connectivity index (χ0v) is 14.9. The molecule has 0 rings (SSSR count). The molecule has 0 aromatic carbocycles. The summed E-state index contributed by atoms with van der Waals surface area (Å²) in [6, 6.07) is 0. The van der Waals surface area contributed by atoms with Gasteiger partial charge in [-0.2, -0.15) is 0 Å². The fourth-order valence-corrected chi connectivity index (χ4v) is 2.66. The molecule has 0 aromatic rings. The Morgan fingerprint density at radius 1 is 0.950 bits per heavy atom. The average molecular weight is 279 g/mol. The Labute approximate surface area is 128 Å². The zero-order valence-electron chi connectivity index (χ0n) is 14.9. The van der Waals surface area contributed by atoms with Gasteiger partial charge in [0.15, 0.2) is 0 Å². The Bertz CT molecular complexity index is 272. The Morgan fingerprint density at radius 2 is 1.65 bits per heavy atom. The van der Waals surface area contributed by atoms with E-state index in [0.29, 0.717) is 5.92 Å². The van der Waals surface area contributed by atoms with Crippen molar-refractivity contribution in [2.24, 2.45) is 17.8 Å². The van der Waals surface area contributed by atoms with Crippen LogP contribution in [0.3, 0.4) is 0 Å². The van der Waals surface area contributed by atoms with Gasteiger partial charge in [-0.3, -0.25) is 0 Å². The summed E-state index contributed by atoms with van der Waals surface area (Å²) >= 11 is 0. The molecule has 0 saturated carbocycles. The fraction of sp³-hybridized carbons (Fsp3) is 0.800. The SMILES string of the molecule is CCCC(C)CC=CC(C)C(=CCCC(C)CC)CC. The van der Waals surface area contributed by atoms with Crippen LogP contribution >= 0.6 is 0 Å². The topological polar surface area (TPSA) is 0 Å². The molecule has 0 saturated heterocycles. The maximum atomic E-state index is 2.50. The predicted molar refractivity (Wildman–Crippen MR) is 94.1 cm³/mol. The summed E-state index contributed by atoms with van der Waals surface area (Å²) in [5.74, 6) is 2.32. The van der Waals surface area contributed by atoms with Crippen molar-refractivity contribution in [3.8, 4) is 0 Å². The van der Waals surface area contributed by atoms with Gasteiger partial charge in [0.25, 0.3) is 0 Å². The lowest BCUT2D eigenvalue weighted by atomic mass is 9.93. The molecule has 0 fully saturated rings. The summed E-state index contributed by atoms with van der Waals surface area (Å²) in [5.41, 5.74) is 1.62. The minimum atomic E-state index is 0.616. The monoisotopic (exact) mass is 278 g/mol. The van der Waals surface area contributed by atoms with E-state index in [0.717, 1.165) is 11.8 Å². The van der Waals surface area contributed by atoms with Crippen LogP contribution in [0, 0.1) is 17.8 Å². The molecule has 0 heterocycles. The lowest BCUT2D eigenvalue weighted by molar-refractivity contribution is 0.519. The van der Waals surface area contributed by atoms with Crippen LogP contribution < -0.4 is 0 Å². The van der Waals surface area contributed by atoms with Gasteiger partial charge in [0.05, 0.1) is 0 Å². The van der Waals surface area contributed by atoms with Crippen LogP contribution in [0.5, 0.6) is 0 Å². The molecule has 0 N–H and O–H groups in total. The third kappa shape index (κ3) is 9.39.